The zero-order chi connectivity index (χ0) is 14.3. The normalized spacial score (nSPS) is 12.0. The van der Waals surface area contributed by atoms with Gasteiger partial charge in [-0.3, -0.25) is 0 Å². The van der Waals surface area contributed by atoms with Crippen molar-refractivity contribution in [1.29, 1.82) is 0 Å². The standard InChI is InChI=1S/C11H22N4O2S2/c1-4-7-10-13-11(18-14-10)12-8-6-9-15(5-2)19(3,16)17/h4-9H2,1-3H3,(H,12,13,14). The van der Waals surface area contributed by atoms with Crippen LogP contribution >= 0.6 is 11.5 Å². The maximum absolute atomic E-state index is 11.4. The van der Waals surface area contributed by atoms with Gasteiger partial charge >= 0.3 is 0 Å². The van der Waals surface area contributed by atoms with Gasteiger partial charge in [-0.05, 0) is 12.8 Å². The Hall–Kier alpha value is -0.730. The third kappa shape index (κ3) is 5.84. The molecule has 6 nitrogen and oxygen atoms in total. The van der Waals surface area contributed by atoms with Gasteiger partial charge in [-0.15, -0.1) is 0 Å². The van der Waals surface area contributed by atoms with Crippen LogP contribution in [0.5, 0.6) is 0 Å². The van der Waals surface area contributed by atoms with Gasteiger partial charge < -0.3 is 5.32 Å². The van der Waals surface area contributed by atoms with Crippen LogP contribution < -0.4 is 5.32 Å². The minimum atomic E-state index is -3.08. The number of rotatable bonds is 9. The lowest BCUT2D eigenvalue weighted by Crippen LogP contribution is -2.31. The summed E-state index contributed by atoms with van der Waals surface area (Å²) >= 11 is 1.36. The van der Waals surface area contributed by atoms with Crippen molar-refractivity contribution in [2.75, 3.05) is 31.2 Å². The summed E-state index contributed by atoms with van der Waals surface area (Å²) in [7, 11) is -3.08. The zero-order valence-electron chi connectivity index (χ0n) is 11.7. The first kappa shape index (κ1) is 16.3. The lowest BCUT2D eigenvalue weighted by Gasteiger charge is -2.17. The number of nitrogens with zero attached hydrogens (tertiary/aromatic N) is 3. The van der Waals surface area contributed by atoms with Crippen molar-refractivity contribution < 1.29 is 8.42 Å². The molecule has 1 N–H and O–H groups in total. The monoisotopic (exact) mass is 306 g/mol. The summed E-state index contributed by atoms with van der Waals surface area (Å²) in [5.41, 5.74) is 0. The number of aromatic nitrogens is 2. The van der Waals surface area contributed by atoms with Gasteiger partial charge in [0.2, 0.25) is 15.2 Å². The second-order valence-electron chi connectivity index (χ2n) is 4.30. The highest BCUT2D eigenvalue weighted by Crippen LogP contribution is 2.12. The van der Waals surface area contributed by atoms with E-state index in [2.05, 4.69) is 21.6 Å². The lowest BCUT2D eigenvalue weighted by atomic mass is 10.3. The third-order valence-electron chi connectivity index (χ3n) is 2.62. The van der Waals surface area contributed by atoms with Crippen molar-refractivity contribution in [3.05, 3.63) is 5.82 Å². The molecule has 1 aromatic rings. The topological polar surface area (TPSA) is 75.2 Å². The second-order valence-corrected chi connectivity index (χ2v) is 7.04. The average molecular weight is 306 g/mol. The second kappa shape index (κ2) is 7.76. The summed E-state index contributed by atoms with van der Waals surface area (Å²) in [6.45, 7) is 5.68. The van der Waals surface area contributed by atoms with E-state index in [1.807, 2.05) is 6.92 Å². The van der Waals surface area contributed by atoms with Gasteiger partial charge in [-0.2, -0.15) is 4.37 Å². The van der Waals surface area contributed by atoms with Crippen molar-refractivity contribution in [1.82, 2.24) is 13.7 Å². The van der Waals surface area contributed by atoms with Gasteiger partial charge in [-0.1, -0.05) is 13.8 Å². The van der Waals surface area contributed by atoms with E-state index < -0.39 is 10.0 Å². The van der Waals surface area contributed by atoms with Gasteiger partial charge in [0.25, 0.3) is 0 Å². The van der Waals surface area contributed by atoms with E-state index >= 15 is 0 Å². The summed E-state index contributed by atoms with van der Waals surface area (Å²) in [6.07, 6.45) is 3.93. The van der Waals surface area contributed by atoms with Gasteiger partial charge in [0.15, 0.2) is 0 Å². The summed E-state index contributed by atoms with van der Waals surface area (Å²) < 4.78 is 28.5. The number of nitrogens with one attached hydrogen (secondary N) is 1. The SMILES string of the molecule is CCCc1nsc(NCCCN(CC)S(C)(=O)=O)n1. The quantitative estimate of drug-likeness (QED) is 0.701. The largest absolute Gasteiger partial charge is 0.360 e. The molecule has 8 heteroatoms. The van der Waals surface area contributed by atoms with Gasteiger partial charge in [0.05, 0.1) is 6.26 Å². The fraction of sp³-hybridized carbons (Fsp3) is 0.818. The van der Waals surface area contributed by atoms with Crippen LogP contribution in [-0.4, -0.2) is 48.0 Å². The first-order valence-corrected chi connectivity index (χ1v) is 9.11. The van der Waals surface area contributed by atoms with Gasteiger partial charge in [0.1, 0.15) is 5.82 Å². The number of sulfonamides is 1. The fourth-order valence-electron chi connectivity index (χ4n) is 1.66. The van der Waals surface area contributed by atoms with Crippen LogP contribution in [0.4, 0.5) is 5.13 Å². The fourth-order valence-corrected chi connectivity index (χ4v) is 3.23. The number of anilines is 1. The Kier molecular flexibility index (Phi) is 6.67. The molecular weight excluding hydrogens is 284 g/mol. The van der Waals surface area contributed by atoms with Crippen LogP contribution in [0.3, 0.4) is 0 Å². The van der Waals surface area contributed by atoms with Crippen molar-refractivity contribution in [3.63, 3.8) is 0 Å². The molecule has 0 amide bonds. The molecule has 0 spiro atoms. The molecule has 19 heavy (non-hydrogen) atoms. The Bertz CT molecular complexity index is 473. The van der Waals surface area contributed by atoms with E-state index in [0.717, 1.165) is 30.2 Å². The predicted octanol–water partition coefficient (Wildman–Crippen LogP) is 1.57. The summed E-state index contributed by atoms with van der Waals surface area (Å²) in [4.78, 5) is 4.35. The molecule has 1 aromatic heterocycles. The Morgan fingerprint density at radius 3 is 2.68 bits per heavy atom. The van der Waals surface area contributed by atoms with E-state index in [-0.39, 0.29) is 0 Å². The van der Waals surface area contributed by atoms with E-state index in [0.29, 0.717) is 19.6 Å². The molecular formula is C11H22N4O2S2. The minimum Gasteiger partial charge on any atom is -0.360 e. The first-order valence-electron chi connectivity index (χ1n) is 6.49. The van der Waals surface area contributed by atoms with Gasteiger partial charge in [0, 0.05) is 37.6 Å². The predicted molar refractivity (Wildman–Crippen MR) is 79.1 cm³/mol. The highest BCUT2D eigenvalue weighted by atomic mass is 32.2. The van der Waals surface area contributed by atoms with E-state index in [4.69, 9.17) is 0 Å². The Morgan fingerprint density at radius 1 is 1.37 bits per heavy atom. The average Bonchev–Trinajstić information content (AvgIpc) is 2.75. The van der Waals surface area contributed by atoms with Crippen molar-refractivity contribution in [3.8, 4) is 0 Å². The maximum Gasteiger partial charge on any atom is 0.211 e. The molecule has 0 saturated heterocycles. The number of aryl methyl sites for hydroxylation is 1. The third-order valence-corrected chi connectivity index (χ3v) is 4.71. The van der Waals surface area contributed by atoms with Crippen LogP contribution in [0.15, 0.2) is 0 Å². The molecule has 0 atom stereocenters. The zero-order valence-corrected chi connectivity index (χ0v) is 13.4. The van der Waals surface area contributed by atoms with E-state index in [1.54, 1.807) is 0 Å². The van der Waals surface area contributed by atoms with Crippen LogP contribution in [0.1, 0.15) is 32.5 Å². The van der Waals surface area contributed by atoms with E-state index in [1.165, 1.54) is 22.1 Å². The summed E-state index contributed by atoms with van der Waals surface area (Å²) in [6, 6.07) is 0. The summed E-state index contributed by atoms with van der Waals surface area (Å²) in [5.74, 6) is 0.876. The van der Waals surface area contributed by atoms with Crippen molar-refractivity contribution in [2.24, 2.45) is 0 Å². The Balaban J connectivity index is 2.30. The molecule has 0 radical (unpaired) electrons. The molecule has 0 bridgehead atoms. The molecule has 1 rings (SSSR count). The maximum atomic E-state index is 11.4. The van der Waals surface area contributed by atoms with Crippen molar-refractivity contribution in [2.45, 2.75) is 33.1 Å². The molecule has 0 aliphatic rings. The molecule has 0 aliphatic heterocycles. The Morgan fingerprint density at radius 2 is 2.11 bits per heavy atom. The van der Waals surface area contributed by atoms with Crippen LogP contribution in [0.2, 0.25) is 0 Å². The molecule has 0 fully saturated rings. The van der Waals surface area contributed by atoms with Crippen LogP contribution in [0.25, 0.3) is 0 Å². The minimum absolute atomic E-state index is 0.512. The summed E-state index contributed by atoms with van der Waals surface area (Å²) in [5, 5.41) is 3.99. The van der Waals surface area contributed by atoms with Crippen molar-refractivity contribution >= 4 is 26.7 Å². The van der Waals surface area contributed by atoms with Crippen LogP contribution in [0, 0.1) is 0 Å². The molecule has 0 unspecified atom stereocenters. The Labute approximate surface area is 119 Å². The number of hydrogen-bond donors (Lipinski definition) is 1. The van der Waals surface area contributed by atoms with E-state index in [9.17, 15) is 8.42 Å². The highest BCUT2D eigenvalue weighted by Gasteiger charge is 2.13. The first-order chi connectivity index (χ1) is 8.97. The molecule has 110 valence electrons. The lowest BCUT2D eigenvalue weighted by molar-refractivity contribution is 0.429. The smallest absolute Gasteiger partial charge is 0.211 e. The molecule has 0 aromatic carbocycles. The molecule has 1 heterocycles. The highest BCUT2D eigenvalue weighted by molar-refractivity contribution is 7.88. The molecule has 0 aliphatic carbocycles. The van der Waals surface area contributed by atoms with Gasteiger partial charge in [-0.25, -0.2) is 17.7 Å². The number of hydrogen-bond acceptors (Lipinski definition) is 6. The molecule has 0 saturated carbocycles. The van der Waals surface area contributed by atoms with Crippen LogP contribution in [-0.2, 0) is 16.4 Å².